The average Bonchev–Trinajstić information content (AvgIpc) is 2.36. The summed E-state index contributed by atoms with van der Waals surface area (Å²) in [4.78, 5) is 4.03. The molecular weight excluding hydrogens is 287 g/mol. The highest BCUT2D eigenvalue weighted by Crippen LogP contribution is 2.17. The topological polar surface area (TPSA) is 48.1 Å². The van der Waals surface area contributed by atoms with Crippen molar-refractivity contribution in [3.63, 3.8) is 0 Å². The van der Waals surface area contributed by atoms with Crippen molar-refractivity contribution < 1.29 is 9.13 Å². The van der Waals surface area contributed by atoms with Gasteiger partial charge in [-0.25, -0.2) is 4.39 Å². The summed E-state index contributed by atoms with van der Waals surface area (Å²) in [7, 11) is 0. The van der Waals surface area contributed by atoms with Crippen molar-refractivity contribution in [3.05, 3.63) is 58.6 Å². The molecule has 0 saturated carbocycles. The van der Waals surface area contributed by atoms with E-state index in [0.29, 0.717) is 21.9 Å². The van der Waals surface area contributed by atoms with Gasteiger partial charge >= 0.3 is 0 Å². The largest absolute Gasteiger partial charge is 0.487 e. The Balaban J connectivity index is 2.13. The third-order valence-corrected chi connectivity index (χ3v) is 2.77. The van der Waals surface area contributed by atoms with Crippen molar-refractivity contribution in [3.8, 4) is 5.75 Å². The Bertz CT molecular complexity index is 621. The second kappa shape index (κ2) is 5.95. The lowest BCUT2D eigenvalue weighted by Gasteiger charge is -2.08. The smallest absolute Gasteiger partial charge is 0.139 e. The van der Waals surface area contributed by atoms with Crippen LogP contribution in [0.15, 0.2) is 36.7 Å². The molecular formula is C13H10ClFN2OS. The lowest BCUT2D eigenvalue weighted by atomic mass is 10.1. The maximum Gasteiger partial charge on any atom is 0.139 e. The van der Waals surface area contributed by atoms with Crippen molar-refractivity contribution in [1.29, 1.82) is 0 Å². The van der Waals surface area contributed by atoms with Gasteiger partial charge in [0.15, 0.2) is 0 Å². The molecule has 1 heterocycles. The first kappa shape index (κ1) is 13.7. The molecule has 0 radical (unpaired) electrons. The molecule has 0 aliphatic rings. The van der Waals surface area contributed by atoms with E-state index in [1.54, 1.807) is 12.1 Å². The van der Waals surface area contributed by atoms with Crippen LogP contribution in [-0.2, 0) is 6.61 Å². The molecule has 0 fully saturated rings. The van der Waals surface area contributed by atoms with Gasteiger partial charge < -0.3 is 10.5 Å². The van der Waals surface area contributed by atoms with Crippen LogP contribution in [0.25, 0.3) is 0 Å². The van der Waals surface area contributed by atoms with E-state index in [0.717, 1.165) is 0 Å². The highest BCUT2D eigenvalue weighted by Gasteiger charge is 2.04. The third-order valence-electron chi connectivity index (χ3n) is 2.33. The molecule has 2 aromatic rings. The zero-order valence-corrected chi connectivity index (χ0v) is 11.3. The predicted molar refractivity (Wildman–Crippen MR) is 75.9 cm³/mol. The zero-order chi connectivity index (χ0) is 13.8. The van der Waals surface area contributed by atoms with Gasteiger partial charge in [-0.1, -0.05) is 23.8 Å². The van der Waals surface area contributed by atoms with Gasteiger partial charge in [0.25, 0.3) is 0 Å². The standard InChI is InChI=1S/C13H10ClFN2OS/c14-10-4-12(6-17-5-10)18-7-8-1-9(13(16)19)3-11(15)2-8/h1-6H,7H2,(H2,16,19). The first-order valence-electron chi connectivity index (χ1n) is 5.37. The van der Waals surface area contributed by atoms with Gasteiger partial charge in [-0.3, -0.25) is 4.98 Å². The van der Waals surface area contributed by atoms with Crippen LogP contribution in [0.5, 0.6) is 5.75 Å². The van der Waals surface area contributed by atoms with Crippen molar-refractivity contribution in [2.75, 3.05) is 0 Å². The van der Waals surface area contributed by atoms with Crippen molar-refractivity contribution in [2.24, 2.45) is 5.73 Å². The van der Waals surface area contributed by atoms with E-state index in [4.69, 9.17) is 34.3 Å². The Morgan fingerprint density at radius 1 is 1.32 bits per heavy atom. The van der Waals surface area contributed by atoms with Gasteiger partial charge in [-0.2, -0.15) is 0 Å². The minimum atomic E-state index is -0.409. The van der Waals surface area contributed by atoms with E-state index in [1.807, 2.05) is 0 Å². The summed E-state index contributed by atoms with van der Waals surface area (Å²) in [5, 5.41) is 0.473. The predicted octanol–water partition coefficient (Wildman–Crippen LogP) is 3.09. The van der Waals surface area contributed by atoms with Crippen LogP contribution in [0.3, 0.4) is 0 Å². The Kier molecular flexibility index (Phi) is 4.29. The molecule has 0 saturated heterocycles. The molecule has 1 aromatic heterocycles. The molecule has 0 atom stereocenters. The van der Waals surface area contributed by atoms with E-state index in [1.165, 1.54) is 24.5 Å². The fraction of sp³-hybridized carbons (Fsp3) is 0.0769. The summed E-state index contributed by atoms with van der Waals surface area (Å²) in [5.41, 5.74) is 6.57. The lowest BCUT2D eigenvalue weighted by molar-refractivity contribution is 0.304. The normalized spacial score (nSPS) is 10.2. The number of benzene rings is 1. The number of halogens is 2. The van der Waals surface area contributed by atoms with Crippen LogP contribution in [0.1, 0.15) is 11.1 Å². The minimum absolute atomic E-state index is 0.144. The second-order valence-corrected chi connectivity index (χ2v) is 4.72. The first-order chi connectivity index (χ1) is 9.04. The monoisotopic (exact) mass is 296 g/mol. The minimum Gasteiger partial charge on any atom is -0.487 e. The van der Waals surface area contributed by atoms with Gasteiger partial charge in [0.1, 0.15) is 23.2 Å². The Morgan fingerprint density at radius 3 is 2.79 bits per heavy atom. The van der Waals surface area contributed by atoms with Gasteiger partial charge in [0.05, 0.1) is 11.2 Å². The number of thiocarbonyl (C=S) groups is 1. The van der Waals surface area contributed by atoms with Crippen LogP contribution in [0.4, 0.5) is 4.39 Å². The van der Waals surface area contributed by atoms with Crippen LogP contribution in [0, 0.1) is 5.82 Å². The summed E-state index contributed by atoms with van der Waals surface area (Å²) in [6.07, 6.45) is 3.03. The first-order valence-corrected chi connectivity index (χ1v) is 6.16. The van der Waals surface area contributed by atoms with Gasteiger partial charge in [-0.15, -0.1) is 0 Å². The zero-order valence-electron chi connectivity index (χ0n) is 9.77. The summed E-state index contributed by atoms with van der Waals surface area (Å²) in [5.74, 6) is 0.0988. The molecule has 1 aromatic carbocycles. The number of pyridine rings is 1. The lowest BCUT2D eigenvalue weighted by Crippen LogP contribution is -2.10. The summed E-state index contributed by atoms with van der Waals surface area (Å²) in [6, 6.07) is 5.96. The molecule has 2 rings (SSSR count). The maximum absolute atomic E-state index is 13.4. The number of hydrogen-bond acceptors (Lipinski definition) is 3. The molecule has 0 aliphatic heterocycles. The molecule has 98 valence electrons. The van der Waals surface area contributed by atoms with Crippen LogP contribution in [0.2, 0.25) is 5.02 Å². The number of hydrogen-bond donors (Lipinski definition) is 1. The molecule has 0 bridgehead atoms. The highest BCUT2D eigenvalue weighted by atomic mass is 35.5. The van der Waals surface area contributed by atoms with E-state index in [2.05, 4.69) is 4.98 Å². The summed E-state index contributed by atoms with van der Waals surface area (Å²) < 4.78 is 18.8. The highest BCUT2D eigenvalue weighted by molar-refractivity contribution is 7.80. The van der Waals surface area contributed by atoms with Crippen molar-refractivity contribution in [2.45, 2.75) is 6.61 Å². The Labute approximate surface area is 120 Å². The Morgan fingerprint density at radius 2 is 2.11 bits per heavy atom. The van der Waals surface area contributed by atoms with Crippen LogP contribution >= 0.6 is 23.8 Å². The van der Waals surface area contributed by atoms with Crippen LogP contribution < -0.4 is 10.5 Å². The maximum atomic E-state index is 13.4. The average molecular weight is 297 g/mol. The molecule has 0 aliphatic carbocycles. The van der Waals surface area contributed by atoms with Crippen molar-refractivity contribution >= 4 is 28.8 Å². The number of ether oxygens (including phenoxy) is 1. The van der Waals surface area contributed by atoms with Crippen molar-refractivity contribution in [1.82, 2.24) is 4.98 Å². The summed E-state index contributed by atoms with van der Waals surface area (Å²) in [6.45, 7) is 0.176. The third kappa shape index (κ3) is 3.87. The molecule has 19 heavy (non-hydrogen) atoms. The quantitative estimate of drug-likeness (QED) is 0.881. The number of nitrogens with zero attached hydrogens (tertiary/aromatic N) is 1. The van der Waals surface area contributed by atoms with Gasteiger partial charge in [-0.05, 0) is 23.8 Å². The van der Waals surface area contributed by atoms with Gasteiger partial charge in [0.2, 0.25) is 0 Å². The Hall–Kier alpha value is -1.72. The van der Waals surface area contributed by atoms with Crippen LogP contribution in [-0.4, -0.2) is 9.97 Å². The van der Waals surface area contributed by atoms with E-state index >= 15 is 0 Å². The molecule has 2 N–H and O–H groups in total. The number of nitrogens with two attached hydrogens (primary N) is 1. The van der Waals surface area contributed by atoms with E-state index < -0.39 is 5.82 Å². The summed E-state index contributed by atoms with van der Waals surface area (Å²) >= 11 is 10.6. The molecule has 3 nitrogen and oxygen atoms in total. The fourth-order valence-electron chi connectivity index (χ4n) is 1.51. The molecule has 0 amide bonds. The number of rotatable bonds is 4. The second-order valence-electron chi connectivity index (χ2n) is 3.84. The molecule has 0 unspecified atom stereocenters. The molecule has 0 spiro atoms. The van der Waals surface area contributed by atoms with E-state index in [-0.39, 0.29) is 11.6 Å². The molecule has 6 heteroatoms. The van der Waals surface area contributed by atoms with E-state index in [9.17, 15) is 4.39 Å². The van der Waals surface area contributed by atoms with Gasteiger partial charge in [0, 0.05) is 17.8 Å². The SMILES string of the molecule is NC(=S)c1cc(F)cc(COc2cncc(Cl)c2)c1. The fourth-order valence-corrected chi connectivity index (χ4v) is 1.80. The number of aromatic nitrogens is 1.